The molecule has 0 spiro atoms. The van der Waals surface area contributed by atoms with Gasteiger partial charge in [-0.3, -0.25) is 4.79 Å². The molecule has 1 heterocycles. The van der Waals surface area contributed by atoms with Crippen molar-refractivity contribution in [2.45, 2.75) is 0 Å². The molecular formula is C12H8ClFN2O. The molecule has 1 aromatic heterocycles. The molecule has 0 aliphatic carbocycles. The number of amides is 1. The second-order valence-corrected chi connectivity index (χ2v) is 3.73. The second kappa shape index (κ2) is 4.93. The molecule has 17 heavy (non-hydrogen) atoms. The predicted molar refractivity (Wildman–Crippen MR) is 63.6 cm³/mol. The van der Waals surface area contributed by atoms with Crippen LogP contribution < -0.4 is 5.32 Å². The molecule has 0 unspecified atom stereocenters. The van der Waals surface area contributed by atoms with E-state index in [2.05, 4.69) is 10.3 Å². The summed E-state index contributed by atoms with van der Waals surface area (Å²) < 4.78 is 13.4. The minimum atomic E-state index is -0.661. The fourth-order valence-electron chi connectivity index (χ4n) is 1.29. The van der Waals surface area contributed by atoms with Crippen LogP contribution in [-0.2, 0) is 0 Å². The summed E-state index contributed by atoms with van der Waals surface area (Å²) in [6.45, 7) is 0. The summed E-state index contributed by atoms with van der Waals surface area (Å²) in [4.78, 5) is 15.6. The summed E-state index contributed by atoms with van der Waals surface area (Å²) in [5, 5.41) is 2.73. The van der Waals surface area contributed by atoms with Crippen LogP contribution in [0.3, 0.4) is 0 Å². The molecule has 3 nitrogen and oxygen atoms in total. The van der Waals surface area contributed by atoms with E-state index in [1.807, 2.05) is 0 Å². The van der Waals surface area contributed by atoms with Gasteiger partial charge < -0.3 is 5.32 Å². The zero-order valence-electron chi connectivity index (χ0n) is 8.65. The van der Waals surface area contributed by atoms with Gasteiger partial charge in [0.2, 0.25) is 0 Å². The first-order chi connectivity index (χ1) is 8.16. The van der Waals surface area contributed by atoms with Crippen molar-refractivity contribution in [1.29, 1.82) is 0 Å². The van der Waals surface area contributed by atoms with Crippen LogP contribution in [0.1, 0.15) is 10.4 Å². The van der Waals surface area contributed by atoms with Gasteiger partial charge in [0.1, 0.15) is 11.6 Å². The third kappa shape index (κ3) is 2.79. The number of hydrogen-bond acceptors (Lipinski definition) is 2. The topological polar surface area (TPSA) is 42.0 Å². The van der Waals surface area contributed by atoms with E-state index in [9.17, 15) is 9.18 Å². The minimum Gasteiger partial charge on any atom is -0.306 e. The highest BCUT2D eigenvalue weighted by molar-refractivity contribution is 6.30. The lowest BCUT2D eigenvalue weighted by atomic mass is 10.2. The molecule has 0 bridgehead atoms. The number of pyridine rings is 1. The highest BCUT2D eigenvalue weighted by Gasteiger charge is 2.12. The molecule has 86 valence electrons. The van der Waals surface area contributed by atoms with Crippen molar-refractivity contribution in [2.24, 2.45) is 0 Å². The molecule has 1 aromatic carbocycles. The number of carbonyl (C=O) groups excluding carboxylic acids is 1. The lowest BCUT2D eigenvalue weighted by Gasteiger charge is -2.05. The Hall–Kier alpha value is -1.94. The molecule has 2 aromatic rings. The van der Waals surface area contributed by atoms with Gasteiger partial charge in [-0.25, -0.2) is 9.37 Å². The Balaban J connectivity index is 2.21. The van der Waals surface area contributed by atoms with Crippen molar-refractivity contribution in [3.63, 3.8) is 0 Å². The minimum absolute atomic E-state index is 0.0694. The Kier molecular flexibility index (Phi) is 3.35. The number of nitrogens with zero attached hydrogens (tertiary/aromatic N) is 1. The maximum absolute atomic E-state index is 13.4. The molecule has 2 rings (SSSR count). The van der Waals surface area contributed by atoms with E-state index in [-0.39, 0.29) is 10.6 Å². The highest BCUT2D eigenvalue weighted by Crippen LogP contribution is 2.15. The average Bonchev–Trinajstić information content (AvgIpc) is 2.30. The van der Waals surface area contributed by atoms with Crippen LogP contribution in [0, 0.1) is 5.82 Å². The third-order valence-corrected chi connectivity index (χ3v) is 2.32. The lowest BCUT2D eigenvalue weighted by molar-refractivity contribution is 0.102. The average molecular weight is 251 g/mol. The smallest absolute Gasteiger partial charge is 0.259 e. The number of nitrogens with one attached hydrogen (secondary N) is 1. The number of halogens is 2. The van der Waals surface area contributed by atoms with Gasteiger partial charge in [-0.15, -0.1) is 0 Å². The monoisotopic (exact) mass is 250 g/mol. The Bertz CT molecular complexity index is 545. The van der Waals surface area contributed by atoms with Gasteiger partial charge in [-0.05, 0) is 30.3 Å². The van der Waals surface area contributed by atoms with E-state index in [0.29, 0.717) is 5.82 Å². The van der Waals surface area contributed by atoms with Gasteiger partial charge in [-0.1, -0.05) is 17.7 Å². The number of hydrogen-bond donors (Lipinski definition) is 1. The SMILES string of the molecule is O=C(Nc1ccccn1)c1ccc(Cl)cc1F. The summed E-state index contributed by atoms with van der Waals surface area (Å²) in [6, 6.07) is 8.94. The predicted octanol–water partition coefficient (Wildman–Crippen LogP) is 3.13. The van der Waals surface area contributed by atoms with Gasteiger partial charge in [0.25, 0.3) is 5.91 Å². The first kappa shape index (κ1) is 11.5. The van der Waals surface area contributed by atoms with E-state index in [1.165, 1.54) is 18.3 Å². The Morgan fingerprint density at radius 2 is 2.12 bits per heavy atom. The Morgan fingerprint density at radius 3 is 2.76 bits per heavy atom. The van der Waals surface area contributed by atoms with Crippen molar-refractivity contribution < 1.29 is 9.18 Å². The van der Waals surface area contributed by atoms with Gasteiger partial charge in [-0.2, -0.15) is 0 Å². The molecule has 0 saturated carbocycles. The van der Waals surface area contributed by atoms with E-state index in [0.717, 1.165) is 6.07 Å². The molecule has 0 atom stereocenters. The van der Waals surface area contributed by atoms with Gasteiger partial charge in [0, 0.05) is 11.2 Å². The molecular weight excluding hydrogens is 243 g/mol. The maximum Gasteiger partial charge on any atom is 0.259 e. The van der Waals surface area contributed by atoms with E-state index >= 15 is 0 Å². The van der Waals surface area contributed by atoms with Crippen molar-refractivity contribution in [1.82, 2.24) is 4.98 Å². The van der Waals surface area contributed by atoms with Gasteiger partial charge in [0.15, 0.2) is 0 Å². The summed E-state index contributed by atoms with van der Waals surface area (Å²) in [7, 11) is 0. The first-order valence-electron chi connectivity index (χ1n) is 4.84. The molecule has 0 aliphatic heterocycles. The number of aromatic nitrogens is 1. The van der Waals surface area contributed by atoms with E-state index in [1.54, 1.807) is 18.2 Å². The van der Waals surface area contributed by atoms with Crippen molar-refractivity contribution in [3.05, 3.63) is 59.0 Å². The highest BCUT2D eigenvalue weighted by atomic mass is 35.5. The molecule has 0 fully saturated rings. The van der Waals surface area contributed by atoms with Crippen LogP contribution in [0.25, 0.3) is 0 Å². The molecule has 0 saturated heterocycles. The fourth-order valence-corrected chi connectivity index (χ4v) is 1.45. The van der Waals surface area contributed by atoms with Crippen LogP contribution in [0.2, 0.25) is 5.02 Å². The third-order valence-electron chi connectivity index (χ3n) is 2.08. The Morgan fingerprint density at radius 1 is 1.29 bits per heavy atom. The van der Waals surface area contributed by atoms with Crippen molar-refractivity contribution in [3.8, 4) is 0 Å². The summed E-state index contributed by atoms with van der Waals surface area (Å²) in [5.41, 5.74) is -0.0694. The maximum atomic E-state index is 13.4. The Labute approximate surface area is 102 Å². The quantitative estimate of drug-likeness (QED) is 0.890. The van der Waals surface area contributed by atoms with Gasteiger partial charge >= 0.3 is 0 Å². The zero-order valence-corrected chi connectivity index (χ0v) is 9.41. The molecule has 0 radical (unpaired) electrons. The number of benzene rings is 1. The van der Waals surface area contributed by atoms with Gasteiger partial charge in [0.05, 0.1) is 5.56 Å². The zero-order chi connectivity index (χ0) is 12.3. The first-order valence-corrected chi connectivity index (χ1v) is 5.22. The molecule has 5 heteroatoms. The van der Waals surface area contributed by atoms with Crippen molar-refractivity contribution in [2.75, 3.05) is 5.32 Å². The number of anilines is 1. The molecule has 1 amide bonds. The number of carbonyl (C=O) groups is 1. The summed E-state index contributed by atoms with van der Waals surface area (Å²) in [6.07, 6.45) is 1.54. The van der Waals surface area contributed by atoms with Crippen LogP contribution in [-0.4, -0.2) is 10.9 Å². The van der Waals surface area contributed by atoms with Crippen LogP contribution >= 0.6 is 11.6 Å². The normalized spacial score (nSPS) is 10.0. The second-order valence-electron chi connectivity index (χ2n) is 3.29. The lowest BCUT2D eigenvalue weighted by Crippen LogP contribution is -2.14. The number of rotatable bonds is 2. The standard InChI is InChI=1S/C12H8ClFN2O/c13-8-4-5-9(10(14)7-8)12(17)16-11-3-1-2-6-15-11/h1-7H,(H,15,16,17). The summed E-state index contributed by atoms with van der Waals surface area (Å²) in [5.74, 6) is -0.851. The largest absolute Gasteiger partial charge is 0.306 e. The van der Waals surface area contributed by atoms with Crippen molar-refractivity contribution >= 4 is 23.3 Å². The van der Waals surface area contributed by atoms with Crippen LogP contribution in [0.15, 0.2) is 42.6 Å². The fraction of sp³-hybridized carbons (Fsp3) is 0. The van der Waals surface area contributed by atoms with E-state index in [4.69, 9.17) is 11.6 Å². The van der Waals surface area contributed by atoms with Crippen LogP contribution in [0.5, 0.6) is 0 Å². The summed E-state index contributed by atoms with van der Waals surface area (Å²) >= 11 is 5.60. The molecule has 0 aliphatic rings. The van der Waals surface area contributed by atoms with Crippen LogP contribution in [0.4, 0.5) is 10.2 Å². The molecule has 1 N–H and O–H groups in total. The van der Waals surface area contributed by atoms with E-state index < -0.39 is 11.7 Å².